The van der Waals surface area contributed by atoms with E-state index in [0.717, 1.165) is 25.9 Å². The molecular formula is C14H21N3O2. The Bertz CT molecular complexity index is 466. The van der Waals surface area contributed by atoms with Crippen LogP contribution in [0.3, 0.4) is 0 Å². The van der Waals surface area contributed by atoms with Crippen LogP contribution in [-0.2, 0) is 0 Å². The highest BCUT2D eigenvalue weighted by molar-refractivity contribution is 5.92. The predicted octanol–water partition coefficient (Wildman–Crippen LogP) is 2.53. The van der Waals surface area contributed by atoms with Gasteiger partial charge in [-0.2, -0.15) is 0 Å². The third-order valence-corrected chi connectivity index (χ3v) is 3.63. The van der Waals surface area contributed by atoms with Gasteiger partial charge in [0.2, 0.25) is 0 Å². The Hall–Kier alpha value is -1.65. The van der Waals surface area contributed by atoms with Crippen LogP contribution in [0.4, 0.5) is 5.69 Å². The first-order valence-electron chi connectivity index (χ1n) is 6.84. The van der Waals surface area contributed by atoms with E-state index in [9.17, 15) is 9.90 Å². The number of carboxylic acids is 1. The molecule has 5 heteroatoms. The summed E-state index contributed by atoms with van der Waals surface area (Å²) in [6.45, 7) is 7.91. The lowest BCUT2D eigenvalue weighted by Crippen LogP contribution is -2.34. The average molecular weight is 263 g/mol. The highest BCUT2D eigenvalue weighted by atomic mass is 16.4. The number of nitrogens with zero attached hydrogens (tertiary/aromatic N) is 3. The molecule has 0 saturated carbocycles. The van der Waals surface area contributed by atoms with Gasteiger partial charge in [0.25, 0.3) is 0 Å². The monoisotopic (exact) mass is 263 g/mol. The van der Waals surface area contributed by atoms with Crippen LogP contribution in [0.1, 0.15) is 55.8 Å². The number of aromatic carboxylic acids is 1. The molecule has 0 unspecified atom stereocenters. The van der Waals surface area contributed by atoms with Crippen molar-refractivity contribution in [3.05, 3.63) is 17.7 Å². The summed E-state index contributed by atoms with van der Waals surface area (Å²) in [6.07, 6.45) is 3.84. The lowest BCUT2D eigenvalue weighted by molar-refractivity contribution is 0.0690. The van der Waals surface area contributed by atoms with Gasteiger partial charge in [0, 0.05) is 19.0 Å². The molecule has 0 aliphatic carbocycles. The summed E-state index contributed by atoms with van der Waals surface area (Å²) in [5.41, 5.74) is 0.789. The minimum Gasteiger partial charge on any atom is -0.476 e. The van der Waals surface area contributed by atoms with Crippen molar-refractivity contribution in [2.45, 2.75) is 39.5 Å². The van der Waals surface area contributed by atoms with Crippen LogP contribution in [0.25, 0.3) is 0 Å². The van der Waals surface area contributed by atoms with Gasteiger partial charge < -0.3 is 10.0 Å². The second-order valence-corrected chi connectivity index (χ2v) is 5.59. The smallest absolute Gasteiger partial charge is 0.356 e. The van der Waals surface area contributed by atoms with Crippen LogP contribution in [-0.4, -0.2) is 34.1 Å². The molecule has 0 radical (unpaired) electrons. The van der Waals surface area contributed by atoms with E-state index >= 15 is 0 Å². The maximum atomic E-state index is 11.4. The van der Waals surface area contributed by atoms with Crippen LogP contribution in [0, 0.1) is 5.92 Å². The van der Waals surface area contributed by atoms with Crippen molar-refractivity contribution in [3.63, 3.8) is 0 Å². The van der Waals surface area contributed by atoms with Gasteiger partial charge in [0.1, 0.15) is 5.82 Å². The number of hydrogen-bond donors (Lipinski definition) is 1. The Labute approximate surface area is 113 Å². The fraction of sp³-hybridized carbons (Fsp3) is 0.643. The van der Waals surface area contributed by atoms with Crippen molar-refractivity contribution < 1.29 is 9.90 Å². The zero-order valence-corrected chi connectivity index (χ0v) is 11.8. The molecule has 1 aliphatic rings. The Morgan fingerprint density at radius 1 is 1.42 bits per heavy atom. The van der Waals surface area contributed by atoms with E-state index in [0.29, 0.717) is 17.4 Å². The Balaban J connectivity index is 2.31. The molecule has 1 N–H and O–H groups in total. The molecule has 2 rings (SSSR count). The number of hydrogen-bond acceptors (Lipinski definition) is 4. The molecule has 1 aromatic heterocycles. The molecule has 2 heterocycles. The van der Waals surface area contributed by atoms with Crippen molar-refractivity contribution in [1.29, 1.82) is 0 Å². The Kier molecular flexibility index (Phi) is 4.02. The first-order chi connectivity index (χ1) is 8.99. The Morgan fingerprint density at radius 2 is 2.05 bits per heavy atom. The number of anilines is 1. The highest BCUT2D eigenvalue weighted by Crippen LogP contribution is 2.25. The zero-order chi connectivity index (χ0) is 14.0. The molecule has 0 bridgehead atoms. The largest absolute Gasteiger partial charge is 0.476 e. The van der Waals surface area contributed by atoms with Crippen LogP contribution in [0.15, 0.2) is 6.20 Å². The van der Waals surface area contributed by atoms with Gasteiger partial charge in [-0.05, 0) is 18.8 Å². The van der Waals surface area contributed by atoms with E-state index in [2.05, 4.69) is 21.8 Å². The van der Waals surface area contributed by atoms with Gasteiger partial charge in [0.15, 0.2) is 5.69 Å². The van der Waals surface area contributed by atoms with E-state index in [1.807, 2.05) is 13.8 Å². The second kappa shape index (κ2) is 5.55. The lowest BCUT2D eigenvalue weighted by atomic mass is 9.99. The molecule has 0 amide bonds. The molecule has 19 heavy (non-hydrogen) atoms. The number of rotatable bonds is 3. The zero-order valence-electron chi connectivity index (χ0n) is 11.8. The maximum Gasteiger partial charge on any atom is 0.356 e. The summed E-state index contributed by atoms with van der Waals surface area (Å²) < 4.78 is 0. The summed E-state index contributed by atoms with van der Waals surface area (Å²) in [5, 5.41) is 9.34. The topological polar surface area (TPSA) is 66.3 Å². The number of carbonyl (C=O) groups is 1. The van der Waals surface area contributed by atoms with E-state index in [-0.39, 0.29) is 11.6 Å². The van der Waals surface area contributed by atoms with Crippen LogP contribution < -0.4 is 4.90 Å². The standard InChI is InChI=1S/C14H21N3O2/c1-9(2)13-15-8-11(12(16-13)14(18)19)17-6-4-10(3)5-7-17/h8-10H,4-7H2,1-3H3,(H,18,19). The molecule has 5 nitrogen and oxygen atoms in total. The third kappa shape index (κ3) is 3.03. The summed E-state index contributed by atoms with van der Waals surface area (Å²) in [5.74, 6) is 0.457. The van der Waals surface area contributed by atoms with Crippen LogP contribution in [0.2, 0.25) is 0 Å². The molecule has 1 aliphatic heterocycles. The second-order valence-electron chi connectivity index (χ2n) is 5.59. The normalized spacial score (nSPS) is 16.9. The first kappa shape index (κ1) is 13.8. The fourth-order valence-electron chi connectivity index (χ4n) is 2.31. The summed E-state index contributed by atoms with van der Waals surface area (Å²) in [4.78, 5) is 22.0. The van der Waals surface area contributed by atoms with E-state index in [1.165, 1.54) is 0 Å². The maximum absolute atomic E-state index is 11.4. The van der Waals surface area contributed by atoms with E-state index in [4.69, 9.17) is 0 Å². The quantitative estimate of drug-likeness (QED) is 0.907. The van der Waals surface area contributed by atoms with E-state index < -0.39 is 5.97 Å². The molecule has 1 fully saturated rings. The molecule has 1 saturated heterocycles. The van der Waals surface area contributed by atoms with Crippen molar-refractivity contribution in [2.75, 3.05) is 18.0 Å². The average Bonchev–Trinajstić information content (AvgIpc) is 2.38. The van der Waals surface area contributed by atoms with Gasteiger partial charge in [-0.3, -0.25) is 0 Å². The van der Waals surface area contributed by atoms with Crippen LogP contribution in [0.5, 0.6) is 0 Å². The number of aromatic nitrogens is 2. The first-order valence-corrected chi connectivity index (χ1v) is 6.84. The van der Waals surface area contributed by atoms with Crippen LogP contribution >= 0.6 is 0 Å². The number of piperidine rings is 1. The molecule has 1 aromatic rings. The summed E-state index contributed by atoms with van der Waals surface area (Å²) in [6, 6.07) is 0. The predicted molar refractivity (Wildman–Crippen MR) is 73.7 cm³/mol. The van der Waals surface area contributed by atoms with Crippen molar-refractivity contribution >= 4 is 11.7 Å². The minimum atomic E-state index is -0.974. The minimum absolute atomic E-state index is 0.133. The SMILES string of the molecule is CC1CCN(c2cnc(C(C)C)nc2C(=O)O)CC1. The van der Waals surface area contributed by atoms with Gasteiger partial charge in [-0.1, -0.05) is 20.8 Å². The van der Waals surface area contributed by atoms with Gasteiger partial charge >= 0.3 is 5.97 Å². The molecule has 104 valence electrons. The van der Waals surface area contributed by atoms with E-state index in [1.54, 1.807) is 6.20 Å². The van der Waals surface area contributed by atoms with Gasteiger partial charge in [-0.15, -0.1) is 0 Å². The lowest BCUT2D eigenvalue weighted by Gasteiger charge is -2.32. The number of carboxylic acid groups (broad SMARTS) is 1. The summed E-state index contributed by atoms with van der Waals surface area (Å²) in [7, 11) is 0. The van der Waals surface area contributed by atoms with Crippen molar-refractivity contribution in [1.82, 2.24) is 9.97 Å². The highest BCUT2D eigenvalue weighted by Gasteiger charge is 2.23. The van der Waals surface area contributed by atoms with Gasteiger partial charge in [-0.25, -0.2) is 14.8 Å². The molecule has 0 aromatic carbocycles. The van der Waals surface area contributed by atoms with Crippen molar-refractivity contribution in [2.24, 2.45) is 5.92 Å². The third-order valence-electron chi connectivity index (χ3n) is 3.63. The Morgan fingerprint density at radius 3 is 2.58 bits per heavy atom. The summed E-state index contributed by atoms with van der Waals surface area (Å²) >= 11 is 0. The van der Waals surface area contributed by atoms with Crippen molar-refractivity contribution in [3.8, 4) is 0 Å². The molecule has 0 atom stereocenters. The molecular weight excluding hydrogens is 242 g/mol. The van der Waals surface area contributed by atoms with Gasteiger partial charge in [0.05, 0.1) is 11.9 Å². The molecule has 0 spiro atoms. The fourth-order valence-corrected chi connectivity index (χ4v) is 2.31.